The third-order valence-electron chi connectivity index (χ3n) is 3.06. The van der Waals surface area contributed by atoms with Gasteiger partial charge in [-0.15, -0.1) is 11.6 Å². The third kappa shape index (κ3) is 2.49. The number of aromatic nitrogens is 4. The number of alkyl halides is 1. The fourth-order valence-corrected chi connectivity index (χ4v) is 2.56. The molecule has 0 N–H and O–H groups in total. The van der Waals surface area contributed by atoms with Crippen LogP contribution in [-0.2, 0) is 12.4 Å². The maximum atomic E-state index is 6.00. The van der Waals surface area contributed by atoms with E-state index in [4.69, 9.17) is 23.2 Å². The van der Waals surface area contributed by atoms with Gasteiger partial charge in [-0.1, -0.05) is 11.6 Å². The van der Waals surface area contributed by atoms with Crippen LogP contribution in [0.4, 0.5) is 0 Å². The molecule has 0 saturated carbocycles. The van der Waals surface area contributed by atoms with Gasteiger partial charge in [-0.3, -0.25) is 0 Å². The minimum absolute atomic E-state index is 0.344. The fraction of sp³-hybridized carbons (Fsp3) is 0.214. The normalized spacial score (nSPS) is 11.2. The second kappa shape index (κ2) is 5.38. The van der Waals surface area contributed by atoms with Crippen LogP contribution in [0, 0.1) is 6.92 Å². The Hall–Kier alpha value is -1.65. The van der Waals surface area contributed by atoms with Gasteiger partial charge >= 0.3 is 0 Å². The lowest BCUT2D eigenvalue weighted by molar-refractivity contribution is 0.749. The summed E-state index contributed by atoms with van der Waals surface area (Å²) in [5.74, 6) is 1.90. The quantitative estimate of drug-likeness (QED) is 0.695. The standard InChI is InChI=1S/C14H12Cl2N4/c1-9-17-5-4-11(18-9)8-20-13-3-2-10(16)6-12(13)19-14(20)7-15/h2-6H,7-8H2,1H3. The highest BCUT2D eigenvalue weighted by Crippen LogP contribution is 2.22. The molecule has 0 aliphatic rings. The molecular formula is C14H12Cl2N4. The summed E-state index contributed by atoms with van der Waals surface area (Å²) in [6.07, 6.45) is 1.76. The minimum atomic E-state index is 0.344. The summed E-state index contributed by atoms with van der Waals surface area (Å²) in [6, 6.07) is 7.54. The van der Waals surface area contributed by atoms with Gasteiger partial charge in [0.25, 0.3) is 0 Å². The van der Waals surface area contributed by atoms with Crippen LogP contribution < -0.4 is 0 Å². The van der Waals surface area contributed by atoms with E-state index in [1.54, 1.807) is 6.20 Å². The van der Waals surface area contributed by atoms with E-state index in [0.29, 0.717) is 17.4 Å². The monoisotopic (exact) mass is 306 g/mol. The van der Waals surface area contributed by atoms with Crippen molar-refractivity contribution in [3.63, 3.8) is 0 Å². The van der Waals surface area contributed by atoms with Gasteiger partial charge < -0.3 is 4.57 Å². The lowest BCUT2D eigenvalue weighted by Gasteiger charge is -2.07. The lowest BCUT2D eigenvalue weighted by Crippen LogP contribution is -2.06. The van der Waals surface area contributed by atoms with Crippen molar-refractivity contribution >= 4 is 34.2 Å². The summed E-state index contributed by atoms with van der Waals surface area (Å²) in [6.45, 7) is 2.49. The molecule has 0 bridgehead atoms. The molecule has 3 rings (SSSR count). The predicted octanol–water partition coefficient (Wildman–Crippen LogP) is 3.58. The van der Waals surface area contributed by atoms with Crippen molar-refractivity contribution in [3.8, 4) is 0 Å². The number of hydrogen-bond donors (Lipinski definition) is 0. The van der Waals surface area contributed by atoms with E-state index in [1.165, 1.54) is 0 Å². The number of aryl methyl sites for hydroxylation is 1. The summed E-state index contributed by atoms with van der Waals surface area (Å²) in [4.78, 5) is 13.0. The van der Waals surface area contributed by atoms with Gasteiger partial charge in [0, 0.05) is 11.2 Å². The van der Waals surface area contributed by atoms with Gasteiger partial charge in [0.05, 0.1) is 29.2 Å². The van der Waals surface area contributed by atoms with Crippen molar-refractivity contribution in [2.45, 2.75) is 19.3 Å². The summed E-state index contributed by atoms with van der Waals surface area (Å²) in [5, 5.41) is 0.668. The number of nitrogens with zero attached hydrogens (tertiary/aromatic N) is 4. The molecule has 0 unspecified atom stereocenters. The van der Waals surface area contributed by atoms with Gasteiger partial charge in [-0.05, 0) is 31.2 Å². The molecule has 0 radical (unpaired) electrons. The zero-order chi connectivity index (χ0) is 14.1. The predicted molar refractivity (Wildman–Crippen MR) is 80.2 cm³/mol. The van der Waals surface area contributed by atoms with Crippen LogP contribution in [-0.4, -0.2) is 19.5 Å². The average molecular weight is 307 g/mol. The SMILES string of the molecule is Cc1nccc(Cn2c(CCl)nc3cc(Cl)ccc32)n1. The van der Waals surface area contributed by atoms with Crippen LogP contribution in [0.3, 0.4) is 0 Å². The molecule has 20 heavy (non-hydrogen) atoms. The van der Waals surface area contributed by atoms with Gasteiger partial charge in [0.1, 0.15) is 11.6 Å². The van der Waals surface area contributed by atoms with Crippen LogP contribution in [0.1, 0.15) is 17.3 Å². The van der Waals surface area contributed by atoms with Crippen molar-refractivity contribution in [2.75, 3.05) is 0 Å². The molecule has 2 aromatic heterocycles. The molecule has 3 aromatic rings. The molecule has 0 aliphatic carbocycles. The maximum Gasteiger partial charge on any atom is 0.125 e. The molecule has 2 heterocycles. The molecule has 4 nitrogen and oxygen atoms in total. The first-order chi connectivity index (χ1) is 9.67. The second-order valence-electron chi connectivity index (χ2n) is 4.48. The van der Waals surface area contributed by atoms with Crippen LogP contribution in [0.5, 0.6) is 0 Å². The Labute approximate surface area is 126 Å². The molecule has 0 aliphatic heterocycles. The largest absolute Gasteiger partial charge is 0.321 e. The summed E-state index contributed by atoms with van der Waals surface area (Å²) in [7, 11) is 0. The first-order valence-electron chi connectivity index (χ1n) is 6.16. The van der Waals surface area contributed by atoms with E-state index >= 15 is 0 Å². The molecular weight excluding hydrogens is 295 g/mol. The van der Waals surface area contributed by atoms with Gasteiger partial charge in [-0.2, -0.15) is 0 Å². The topological polar surface area (TPSA) is 43.6 Å². The van der Waals surface area contributed by atoms with Crippen LogP contribution in [0.2, 0.25) is 5.02 Å². The van der Waals surface area contributed by atoms with Crippen LogP contribution in [0.25, 0.3) is 11.0 Å². The number of halogens is 2. The van der Waals surface area contributed by atoms with Crippen molar-refractivity contribution in [1.82, 2.24) is 19.5 Å². The molecule has 1 aromatic carbocycles. The minimum Gasteiger partial charge on any atom is -0.321 e. The van der Waals surface area contributed by atoms with E-state index in [-0.39, 0.29) is 0 Å². The Balaban J connectivity index is 2.10. The Morgan fingerprint density at radius 1 is 1.20 bits per heavy atom. The zero-order valence-corrected chi connectivity index (χ0v) is 12.4. The molecule has 6 heteroatoms. The van der Waals surface area contributed by atoms with E-state index in [2.05, 4.69) is 19.5 Å². The van der Waals surface area contributed by atoms with Crippen molar-refractivity contribution in [2.24, 2.45) is 0 Å². The third-order valence-corrected chi connectivity index (χ3v) is 3.54. The van der Waals surface area contributed by atoms with Crippen LogP contribution in [0.15, 0.2) is 30.5 Å². The van der Waals surface area contributed by atoms with Gasteiger partial charge in [0.2, 0.25) is 0 Å². The molecule has 0 atom stereocenters. The Bertz CT molecular complexity index is 767. The summed E-state index contributed by atoms with van der Waals surface area (Å²) >= 11 is 12.0. The number of fused-ring (bicyclic) bond motifs is 1. The Morgan fingerprint density at radius 3 is 2.80 bits per heavy atom. The van der Waals surface area contributed by atoms with Crippen molar-refractivity contribution in [3.05, 3.63) is 52.8 Å². The zero-order valence-electron chi connectivity index (χ0n) is 10.8. The van der Waals surface area contributed by atoms with Gasteiger partial charge in [-0.25, -0.2) is 15.0 Å². The smallest absolute Gasteiger partial charge is 0.125 e. The first-order valence-corrected chi connectivity index (χ1v) is 7.08. The van der Waals surface area contributed by atoms with E-state index in [1.807, 2.05) is 31.2 Å². The lowest BCUT2D eigenvalue weighted by atomic mass is 10.3. The molecule has 0 saturated heterocycles. The van der Waals surface area contributed by atoms with E-state index in [9.17, 15) is 0 Å². The number of imidazole rings is 1. The number of hydrogen-bond acceptors (Lipinski definition) is 3. The fourth-order valence-electron chi connectivity index (χ4n) is 2.19. The number of rotatable bonds is 3. The first kappa shape index (κ1) is 13.3. The molecule has 102 valence electrons. The summed E-state index contributed by atoms with van der Waals surface area (Å²) in [5.41, 5.74) is 2.78. The Kier molecular flexibility index (Phi) is 3.59. The molecule has 0 spiro atoms. The molecule has 0 amide bonds. The average Bonchev–Trinajstić information content (AvgIpc) is 2.76. The summed E-state index contributed by atoms with van der Waals surface area (Å²) < 4.78 is 2.06. The Morgan fingerprint density at radius 2 is 2.05 bits per heavy atom. The van der Waals surface area contributed by atoms with E-state index < -0.39 is 0 Å². The van der Waals surface area contributed by atoms with E-state index in [0.717, 1.165) is 28.4 Å². The number of benzene rings is 1. The highest BCUT2D eigenvalue weighted by atomic mass is 35.5. The maximum absolute atomic E-state index is 6.00. The van der Waals surface area contributed by atoms with Crippen molar-refractivity contribution < 1.29 is 0 Å². The highest BCUT2D eigenvalue weighted by molar-refractivity contribution is 6.31. The highest BCUT2D eigenvalue weighted by Gasteiger charge is 2.11. The van der Waals surface area contributed by atoms with Crippen molar-refractivity contribution in [1.29, 1.82) is 0 Å². The van der Waals surface area contributed by atoms with Gasteiger partial charge in [0.15, 0.2) is 0 Å². The molecule has 0 fully saturated rings. The van der Waals surface area contributed by atoms with Crippen LogP contribution >= 0.6 is 23.2 Å². The second-order valence-corrected chi connectivity index (χ2v) is 5.18.